The molecule has 0 unspecified atom stereocenters. The van der Waals surface area contributed by atoms with E-state index < -0.39 is 12.1 Å². The molecule has 0 aliphatic rings. The van der Waals surface area contributed by atoms with Crippen molar-refractivity contribution in [3.63, 3.8) is 0 Å². The fraction of sp³-hybridized carbons (Fsp3) is 0.200. The molecule has 0 heterocycles. The highest BCUT2D eigenvalue weighted by molar-refractivity contribution is 9.10. The average Bonchev–Trinajstić information content (AvgIpc) is 2.60. The standard InChI is InChI=1S/C20H19BrO3/c1-3-15-4-9-17(10-5-15)20(23)14(2)24-19(22)13-8-16-6-11-18(21)12-7-16/h4-14H,3H2,1-2H3/b13-8+/t14-/m0/s1. The van der Waals surface area contributed by atoms with Crippen LogP contribution in [0.2, 0.25) is 0 Å². The van der Waals surface area contributed by atoms with E-state index in [1.807, 2.05) is 36.4 Å². The molecule has 0 radical (unpaired) electrons. The maximum absolute atomic E-state index is 12.3. The highest BCUT2D eigenvalue weighted by atomic mass is 79.9. The summed E-state index contributed by atoms with van der Waals surface area (Å²) in [4.78, 5) is 24.1. The fourth-order valence-electron chi connectivity index (χ4n) is 2.14. The lowest BCUT2D eigenvalue weighted by molar-refractivity contribution is -0.140. The quantitative estimate of drug-likeness (QED) is 0.405. The Morgan fingerprint density at radius 3 is 2.29 bits per heavy atom. The molecule has 4 heteroatoms. The molecule has 2 aromatic rings. The number of esters is 1. The Bertz CT molecular complexity index is 730. The Kier molecular flexibility index (Phi) is 6.50. The van der Waals surface area contributed by atoms with Gasteiger partial charge >= 0.3 is 5.97 Å². The lowest BCUT2D eigenvalue weighted by Crippen LogP contribution is -2.23. The number of Topliss-reactive ketones (excluding diaryl/α,β-unsaturated/α-hetero) is 1. The van der Waals surface area contributed by atoms with Gasteiger partial charge in [-0.1, -0.05) is 59.3 Å². The minimum Gasteiger partial charge on any atom is -0.451 e. The number of rotatable bonds is 6. The molecule has 0 aliphatic heterocycles. The van der Waals surface area contributed by atoms with Crippen molar-refractivity contribution in [2.75, 3.05) is 0 Å². The van der Waals surface area contributed by atoms with Gasteiger partial charge in [0.1, 0.15) is 0 Å². The predicted molar refractivity (Wildman–Crippen MR) is 98.9 cm³/mol. The van der Waals surface area contributed by atoms with Gasteiger partial charge in [-0.2, -0.15) is 0 Å². The molecule has 3 nitrogen and oxygen atoms in total. The summed E-state index contributed by atoms with van der Waals surface area (Å²) in [5, 5.41) is 0. The zero-order valence-electron chi connectivity index (χ0n) is 13.7. The summed E-state index contributed by atoms with van der Waals surface area (Å²) in [5.74, 6) is -0.744. The second-order valence-corrected chi connectivity index (χ2v) is 6.29. The highest BCUT2D eigenvalue weighted by Gasteiger charge is 2.18. The fourth-order valence-corrected chi connectivity index (χ4v) is 2.41. The summed E-state index contributed by atoms with van der Waals surface area (Å²) in [5.41, 5.74) is 2.59. The number of aryl methyl sites for hydroxylation is 1. The van der Waals surface area contributed by atoms with Crippen LogP contribution in [0, 0.1) is 0 Å². The van der Waals surface area contributed by atoms with Gasteiger partial charge < -0.3 is 4.74 Å². The van der Waals surface area contributed by atoms with Crippen LogP contribution in [-0.4, -0.2) is 17.9 Å². The number of hydrogen-bond donors (Lipinski definition) is 0. The van der Waals surface area contributed by atoms with Crippen molar-refractivity contribution >= 4 is 33.8 Å². The Hall–Kier alpha value is -2.20. The number of halogens is 1. The van der Waals surface area contributed by atoms with Gasteiger partial charge in [0.05, 0.1) is 0 Å². The zero-order valence-corrected chi connectivity index (χ0v) is 15.2. The third-order valence-electron chi connectivity index (χ3n) is 3.59. The normalized spacial score (nSPS) is 12.1. The summed E-state index contributed by atoms with van der Waals surface area (Å²) in [6, 6.07) is 14.9. The monoisotopic (exact) mass is 386 g/mol. The maximum Gasteiger partial charge on any atom is 0.331 e. The van der Waals surface area contributed by atoms with Crippen molar-refractivity contribution in [1.29, 1.82) is 0 Å². The van der Waals surface area contributed by atoms with Gasteiger partial charge in [0, 0.05) is 16.1 Å². The minimum atomic E-state index is -0.820. The molecule has 1 atom stereocenters. The van der Waals surface area contributed by atoms with Crippen LogP contribution in [0.4, 0.5) is 0 Å². The first kappa shape index (κ1) is 18.1. The molecule has 2 rings (SSSR count). The van der Waals surface area contributed by atoms with Crippen LogP contribution in [0.15, 0.2) is 59.1 Å². The summed E-state index contributed by atoms with van der Waals surface area (Å²) in [7, 11) is 0. The van der Waals surface area contributed by atoms with Gasteiger partial charge in [0.25, 0.3) is 0 Å². The molecule has 0 amide bonds. The molecule has 2 aromatic carbocycles. The van der Waals surface area contributed by atoms with E-state index in [1.54, 1.807) is 25.1 Å². The molecule has 0 spiro atoms. The van der Waals surface area contributed by atoms with Crippen molar-refractivity contribution < 1.29 is 14.3 Å². The number of carbonyl (C=O) groups excluding carboxylic acids is 2. The lowest BCUT2D eigenvalue weighted by atomic mass is 10.0. The molecule has 0 fully saturated rings. The largest absolute Gasteiger partial charge is 0.451 e. The predicted octanol–water partition coefficient (Wildman–Crippen LogP) is 4.84. The Balaban J connectivity index is 1.94. The lowest BCUT2D eigenvalue weighted by Gasteiger charge is -2.11. The van der Waals surface area contributed by atoms with Crippen LogP contribution in [0.1, 0.15) is 35.3 Å². The van der Waals surface area contributed by atoms with E-state index in [0.717, 1.165) is 22.0 Å². The van der Waals surface area contributed by atoms with Crippen molar-refractivity contribution in [3.05, 3.63) is 75.8 Å². The summed E-state index contributed by atoms with van der Waals surface area (Å²) in [6.07, 6.45) is 3.08. The number of hydrogen-bond acceptors (Lipinski definition) is 3. The Labute approximate surface area is 150 Å². The molecular weight excluding hydrogens is 368 g/mol. The van der Waals surface area contributed by atoms with E-state index in [-0.39, 0.29) is 5.78 Å². The summed E-state index contributed by atoms with van der Waals surface area (Å²) in [6.45, 7) is 3.64. The van der Waals surface area contributed by atoms with Crippen molar-refractivity contribution in [2.24, 2.45) is 0 Å². The van der Waals surface area contributed by atoms with Crippen LogP contribution < -0.4 is 0 Å². The number of ether oxygens (including phenoxy) is 1. The first-order valence-electron chi connectivity index (χ1n) is 7.77. The first-order valence-corrected chi connectivity index (χ1v) is 8.56. The van der Waals surface area contributed by atoms with Gasteiger partial charge in [0.15, 0.2) is 6.10 Å². The highest BCUT2D eigenvalue weighted by Crippen LogP contribution is 2.12. The van der Waals surface area contributed by atoms with Gasteiger partial charge in [-0.15, -0.1) is 0 Å². The molecule has 0 saturated heterocycles. The second kappa shape index (κ2) is 8.60. The molecule has 0 aliphatic carbocycles. The molecule has 0 bridgehead atoms. The van der Waals surface area contributed by atoms with Gasteiger partial charge in [0.2, 0.25) is 5.78 Å². The third kappa shape index (κ3) is 5.17. The first-order chi connectivity index (χ1) is 11.5. The smallest absolute Gasteiger partial charge is 0.331 e. The molecular formula is C20H19BrO3. The number of ketones is 1. The molecule has 0 saturated carbocycles. The number of carbonyl (C=O) groups is 2. The van der Waals surface area contributed by atoms with E-state index in [4.69, 9.17) is 4.74 Å². The van der Waals surface area contributed by atoms with Crippen molar-refractivity contribution in [3.8, 4) is 0 Å². The Morgan fingerprint density at radius 2 is 1.71 bits per heavy atom. The van der Waals surface area contributed by atoms with Gasteiger partial charge in [-0.25, -0.2) is 4.79 Å². The van der Waals surface area contributed by atoms with Crippen LogP contribution in [-0.2, 0) is 16.0 Å². The molecule has 124 valence electrons. The van der Waals surface area contributed by atoms with E-state index in [1.165, 1.54) is 6.08 Å². The van der Waals surface area contributed by atoms with E-state index in [9.17, 15) is 9.59 Å². The average molecular weight is 387 g/mol. The van der Waals surface area contributed by atoms with Crippen LogP contribution >= 0.6 is 15.9 Å². The van der Waals surface area contributed by atoms with Crippen molar-refractivity contribution in [1.82, 2.24) is 0 Å². The van der Waals surface area contributed by atoms with Gasteiger partial charge in [-0.05, 0) is 42.7 Å². The Morgan fingerprint density at radius 1 is 1.08 bits per heavy atom. The summed E-state index contributed by atoms with van der Waals surface area (Å²) < 4.78 is 6.15. The minimum absolute atomic E-state index is 0.206. The topological polar surface area (TPSA) is 43.4 Å². The van der Waals surface area contributed by atoms with Crippen LogP contribution in [0.5, 0.6) is 0 Å². The van der Waals surface area contributed by atoms with E-state index >= 15 is 0 Å². The third-order valence-corrected chi connectivity index (χ3v) is 4.12. The number of benzene rings is 2. The van der Waals surface area contributed by atoms with E-state index in [2.05, 4.69) is 22.9 Å². The summed E-state index contributed by atoms with van der Waals surface area (Å²) >= 11 is 3.35. The molecule has 0 aromatic heterocycles. The molecule has 0 N–H and O–H groups in total. The van der Waals surface area contributed by atoms with E-state index in [0.29, 0.717) is 5.56 Å². The van der Waals surface area contributed by atoms with Crippen LogP contribution in [0.25, 0.3) is 6.08 Å². The second-order valence-electron chi connectivity index (χ2n) is 5.38. The van der Waals surface area contributed by atoms with Crippen molar-refractivity contribution in [2.45, 2.75) is 26.4 Å². The SMILES string of the molecule is CCc1ccc(C(=O)[C@H](C)OC(=O)/C=C/c2ccc(Br)cc2)cc1. The van der Waals surface area contributed by atoms with Gasteiger partial charge in [-0.3, -0.25) is 4.79 Å². The maximum atomic E-state index is 12.3. The molecule has 24 heavy (non-hydrogen) atoms. The zero-order chi connectivity index (χ0) is 17.5. The van der Waals surface area contributed by atoms with Crippen LogP contribution in [0.3, 0.4) is 0 Å².